The molecule has 0 unspecified atom stereocenters. The van der Waals surface area contributed by atoms with Crippen LogP contribution in [-0.4, -0.2) is 29.2 Å². The SMILES string of the molecule is CCCCCC(C)(C)CNC(=NCc1noc(C)n1)NCC.I. The number of halogens is 1. The minimum atomic E-state index is 0. The van der Waals surface area contributed by atoms with E-state index in [-0.39, 0.29) is 29.4 Å². The molecule has 1 rings (SSSR count). The van der Waals surface area contributed by atoms with Crippen molar-refractivity contribution >= 4 is 29.9 Å². The predicted molar refractivity (Wildman–Crippen MR) is 105 cm³/mol. The summed E-state index contributed by atoms with van der Waals surface area (Å²) in [6.07, 6.45) is 5.06. The molecule has 1 aromatic rings. The third-order valence-electron chi connectivity index (χ3n) is 3.48. The lowest BCUT2D eigenvalue weighted by Crippen LogP contribution is -2.42. The Kier molecular flexibility index (Phi) is 11.2. The summed E-state index contributed by atoms with van der Waals surface area (Å²) in [5.74, 6) is 1.98. The summed E-state index contributed by atoms with van der Waals surface area (Å²) in [5.41, 5.74) is 0.258. The Morgan fingerprint density at radius 3 is 2.52 bits per heavy atom. The molecule has 0 saturated carbocycles. The number of nitrogens with one attached hydrogen (secondary N) is 2. The van der Waals surface area contributed by atoms with E-state index in [1.807, 2.05) is 0 Å². The predicted octanol–water partition coefficient (Wildman–Crippen LogP) is 3.66. The van der Waals surface area contributed by atoms with Crippen LogP contribution in [-0.2, 0) is 6.54 Å². The molecule has 6 nitrogen and oxygen atoms in total. The summed E-state index contributed by atoms with van der Waals surface area (Å²) in [7, 11) is 0. The summed E-state index contributed by atoms with van der Waals surface area (Å²) < 4.78 is 4.95. The van der Waals surface area contributed by atoms with Crippen LogP contribution in [0.3, 0.4) is 0 Å². The van der Waals surface area contributed by atoms with Gasteiger partial charge >= 0.3 is 0 Å². The molecule has 0 saturated heterocycles. The monoisotopic (exact) mass is 437 g/mol. The number of aromatic nitrogens is 2. The molecule has 0 aliphatic heterocycles. The minimum Gasteiger partial charge on any atom is -0.357 e. The van der Waals surface area contributed by atoms with Crippen LogP contribution in [0.15, 0.2) is 9.52 Å². The summed E-state index contributed by atoms with van der Waals surface area (Å²) >= 11 is 0. The summed E-state index contributed by atoms with van der Waals surface area (Å²) in [5, 5.41) is 10.5. The van der Waals surface area contributed by atoms with Crippen LogP contribution < -0.4 is 10.6 Å². The average molecular weight is 437 g/mol. The van der Waals surface area contributed by atoms with Crippen molar-refractivity contribution < 1.29 is 4.52 Å². The smallest absolute Gasteiger partial charge is 0.223 e. The minimum absolute atomic E-state index is 0. The van der Waals surface area contributed by atoms with Gasteiger partial charge in [-0.1, -0.05) is 45.2 Å². The van der Waals surface area contributed by atoms with E-state index in [4.69, 9.17) is 4.52 Å². The molecule has 23 heavy (non-hydrogen) atoms. The van der Waals surface area contributed by atoms with Crippen molar-refractivity contribution in [3.63, 3.8) is 0 Å². The van der Waals surface area contributed by atoms with Gasteiger partial charge in [-0.25, -0.2) is 4.99 Å². The van der Waals surface area contributed by atoms with Crippen molar-refractivity contribution in [3.8, 4) is 0 Å². The summed E-state index contributed by atoms with van der Waals surface area (Å²) in [4.78, 5) is 8.67. The highest BCUT2D eigenvalue weighted by Crippen LogP contribution is 2.22. The summed E-state index contributed by atoms with van der Waals surface area (Å²) in [6, 6.07) is 0. The molecule has 0 amide bonds. The zero-order valence-electron chi connectivity index (χ0n) is 15.1. The van der Waals surface area contributed by atoms with Crippen LogP contribution >= 0.6 is 24.0 Å². The first-order valence-corrected chi connectivity index (χ1v) is 8.28. The van der Waals surface area contributed by atoms with Crippen LogP contribution in [0.4, 0.5) is 0 Å². The van der Waals surface area contributed by atoms with Gasteiger partial charge in [-0.2, -0.15) is 4.98 Å². The number of rotatable bonds is 9. The van der Waals surface area contributed by atoms with Crippen molar-refractivity contribution in [2.24, 2.45) is 10.4 Å². The third-order valence-corrected chi connectivity index (χ3v) is 3.48. The number of nitrogens with zero attached hydrogens (tertiary/aromatic N) is 3. The quantitative estimate of drug-likeness (QED) is 0.267. The lowest BCUT2D eigenvalue weighted by atomic mass is 9.87. The zero-order valence-corrected chi connectivity index (χ0v) is 17.4. The number of aliphatic imine (C=N–C) groups is 1. The van der Waals surface area contributed by atoms with E-state index >= 15 is 0 Å². The number of guanidine groups is 1. The third kappa shape index (κ3) is 9.78. The Labute approximate surface area is 157 Å². The molecular formula is C16H32IN5O. The normalized spacial score (nSPS) is 12.0. The van der Waals surface area contributed by atoms with E-state index in [1.54, 1.807) is 6.92 Å². The Morgan fingerprint density at radius 2 is 1.96 bits per heavy atom. The van der Waals surface area contributed by atoms with Crippen LogP contribution in [0.1, 0.15) is 65.1 Å². The largest absolute Gasteiger partial charge is 0.357 e. The maximum absolute atomic E-state index is 4.95. The number of hydrogen-bond acceptors (Lipinski definition) is 4. The topological polar surface area (TPSA) is 75.3 Å². The molecule has 1 aromatic heterocycles. The zero-order chi connectivity index (χ0) is 16.4. The van der Waals surface area contributed by atoms with Crippen molar-refractivity contribution in [1.82, 2.24) is 20.8 Å². The van der Waals surface area contributed by atoms with E-state index in [2.05, 4.69) is 53.5 Å². The van der Waals surface area contributed by atoms with Gasteiger partial charge in [0.05, 0.1) is 0 Å². The van der Waals surface area contributed by atoms with E-state index < -0.39 is 0 Å². The van der Waals surface area contributed by atoms with Gasteiger partial charge < -0.3 is 15.2 Å². The first-order valence-electron chi connectivity index (χ1n) is 8.28. The molecule has 1 heterocycles. The van der Waals surface area contributed by atoms with E-state index in [1.165, 1.54) is 25.7 Å². The van der Waals surface area contributed by atoms with Crippen molar-refractivity contribution in [1.29, 1.82) is 0 Å². The molecule has 0 aromatic carbocycles. The first-order chi connectivity index (χ1) is 10.5. The summed E-state index contributed by atoms with van der Waals surface area (Å²) in [6.45, 7) is 12.8. The van der Waals surface area contributed by atoms with Gasteiger partial charge in [0.1, 0.15) is 6.54 Å². The Morgan fingerprint density at radius 1 is 1.22 bits per heavy atom. The van der Waals surface area contributed by atoms with Gasteiger partial charge in [0.2, 0.25) is 5.89 Å². The first kappa shape index (κ1) is 22.1. The number of aryl methyl sites for hydroxylation is 1. The number of unbranched alkanes of at least 4 members (excludes halogenated alkanes) is 2. The molecule has 0 spiro atoms. The lowest BCUT2D eigenvalue weighted by Gasteiger charge is -2.26. The fourth-order valence-electron chi connectivity index (χ4n) is 2.16. The van der Waals surface area contributed by atoms with Crippen LogP contribution in [0.25, 0.3) is 0 Å². The Hall–Kier alpha value is -0.860. The second-order valence-corrected chi connectivity index (χ2v) is 6.40. The number of hydrogen-bond donors (Lipinski definition) is 2. The molecule has 2 N–H and O–H groups in total. The highest BCUT2D eigenvalue weighted by atomic mass is 127. The van der Waals surface area contributed by atoms with Crippen molar-refractivity contribution in [2.75, 3.05) is 13.1 Å². The highest BCUT2D eigenvalue weighted by Gasteiger charge is 2.17. The van der Waals surface area contributed by atoms with Gasteiger partial charge in [-0.15, -0.1) is 24.0 Å². The molecule has 134 valence electrons. The van der Waals surface area contributed by atoms with Crippen molar-refractivity contribution in [2.45, 2.75) is 66.8 Å². The van der Waals surface area contributed by atoms with E-state index in [9.17, 15) is 0 Å². The second-order valence-electron chi connectivity index (χ2n) is 6.40. The lowest BCUT2D eigenvalue weighted by molar-refractivity contribution is 0.318. The maximum atomic E-state index is 4.95. The molecule has 0 aliphatic carbocycles. The highest BCUT2D eigenvalue weighted by molar-refractivity contribution is 14.0. The molecular weight excluding hydrogens is 405 g/mol. The second kappa shape index (κ2) is 11.6. The van der Waals surface area contributed by atoms with Crippen LogP contribution in [0.2, 0.25) is 0 Å². The van der Waals surface area contributed by atoms with E-state index in [0.717, 1.165) is 19.0 Å². The van der Waals surface area contributed by atoms with Gasteiger partial charge in [0, 0.05) is 20.0 Å². The molecule has 0 bridgehead atoms. The van der Waals surface area contributed by atoms with Gasteiger partial charge in [-0.05, 0) is 18.8 Å². The average Bonchev–Trinajstić information content (AvgIpc) is 2.88. The van der Waals surface area contributed by atoms with Gasteiger partial charge in [0.25, 0.3) is 0 Å². The fraction of sp³-hybridized carbons (Fsp3) is 0.812. The maximum Gasteiger partial charge on any atom is 0.223 e. The van der Waals surface area contributed by atoms with Crippen molar-refractivity contribution in [3.05, 3.63) is 11.7 Å². The standard InChI is InChI=1S/C16H31N5O.HI/c1-6-8-9-10-16(4,5)12-19-15(17-7-2)18-11-14-20-13(3)22-21-14;/h6-12H2,1-5H3,(H2,17,18,19);1H. The molecule has 0 atom stereocenters. The fourth-order valence-corrected chi connectivity index (χ4v) is 2.16. The molecule has 0 radical (unpaired) electrons. The molecule has 0 aliphatic rings. The molecule has 0 fully saturated rings. The molecule has 7 heteroatoms. The van der Waals surface area contributed by atoms with E-state index in [0.29, 0.717) is 18.3 Å². The van der Waals surface area contributed by atoms with Gasteiger partial charge in [0.15, 0.2) is 11.8 Å². The Balaban J connectivity index is 0.00000484. The van der Waals surface area contributed by atoms with Gasteiger partial charge in [-0.3, -0.25) is 0 Å². The Bertz CT molecular complexity index is 459. The van der Waals surface area contributed by atoms with Crippen LogP contribution in [0, 0.1) is 12.3 Å². The van der Waals surface area contributed by atoms with Crippen LogP contribution in [0.5, 0.6) is 0 Å².